The van der Waals surface area contributed by atoms with E-state index in [1.54, 1.807) is 11.8 Å². The number of thioether (sulfide) groups is 1. The third-order valence-corrected chi connectivity index (χ3v) is 4.72. The minimum atomic E-state index is 0.0798. The summed E-state index contributed by atoms with van der Waals surface area (Å²) in [7, 11) is 0. The van der Waals surface area contributed by atoms with Gasteiger partial charge in [-0.3, -0.25) is 9.59 Å². The van der Waals surface area contributed by atoms with E-state index in [0.29, 0.717) is 19.4 Å². The zero-order valence-electron chi connectivity index (χ0n) is 16.4. The molecule has 0 saturated heterocycles. The third-order valence-electron chi connectivity index (χ3n) is 3.73. The fourth-order valence-electron chi connectivity index (χ4n) is 2.16. The second-order valence-electron chi connectivity index (χ2n) is 6.12. The van der Waals surface area contributed by atoms with E-state index in [1.165, 1.54) is 6.42 Å². The SMILES string of the molecule is CCC(=O)NCCSCCC(=O)NCCCNCCCCNCCCN. The Morgan fingerprint density at radius 3 is 2.04 bits per heavy atom. The number of amides is 2. The Labute approximate surface area is 163 Å². The van der Waals surface area contributed by atoms with Gasteiger partial charge >= 0.3 is 0 Å². The zero-order chi connectivity index (χ0) is 19.3. The lowest BCUT2D eigenvalue weighted by Crippen LogP contribution is -2.28. The lowest BCUT2D eigenvalue weighted by atomic mass is 10.3. The average molecular weight is 390 g/mol. The predicted molar refractivity (Wildman–Crippen MR) is 112 cm³/mol. The molecule has 8 heteroatoms. The summed E-state index contributed by atoms with van der Waals surface area (Å²) >= 11 is 1.70. The van der Waals surface area contributed by atoms with E-state index in [2.05, 4.69) is 21.3 Å². The van der Waals surface area contributed by atoms with Gasteiger partial charge in [-0.2, -0.15) is 11.8 Å². The molecule has 6 N–H and O–H groups in total. The van der Waals surface area contributed by atoms with E-state index < -0.39 is 0 Å². The molecule has 0 saturated carbocycles. The van der Waals surface area contributed by atoms with Crippen LogP contribution in [0.5, 0.6) is 0 Å². The molecular formula is C18H39N5O2S. The minimum absolute atomic E-state index is 0.0798. The van der Waals surface area contributed by atoms with Crippen molar-refractivity contribution in [2.45, 2.75) is 45.4 Å². The molecule has 0 radical (unpaired) electrons. The molecule has 0 rings (SSSR count). The van der Waals surface area contributed by atoms with Crippen molar-refractivity contribution < 1.29 is 9.59 Å². The molecule has 0 aromatic rings. The summed E-state index contributed by atoms with van der Waals surface area (Å²) in [6, 6.07) is 0. The van der Waals surface area contributed by atoms with E-state index in [9.17, 15) is 9.59 Å². The summed E-state index contributed by atoms with van der Waals surface area (Å²) < 4.78 is 0. The zero-order valence-corrected chi connectivity index (χ0v) is 17.2. The van der Waals surface area contributed by atoms with Gasteiger partial charge in [-0.25, -0.2) is 0 Å². The molecule has 26 heavy (non-hydrogen) atoms. The molecule has 0 bridgehead atoms. The maximum absolute atomic E-state index is 11.7. The highest BCUT2D eigenvalue weighted by atomic mass is 32.2. The Bertz CT molecular complexity index is 346. The van der Waals surface area contributed by atoms with Crippen molar-refractivity contribution in [1.29, 1.82) is 0 Å². The average Bonchev–Trinajstić information content (AvgIpc) is 2.65. The number of nitrogens with one attached hydrogen (secondary N) is 4. The van der Waals surface area contributed by atoms with Crippen molar-refractivity contribution in [3.8, 4) is 0 Å². The molecule has 0 aromatic heterocycles. The Morgan fingerprint density at radius 1 is 0.769 bits per heavy atom. The highest BCUT2D eigenvalue weighted by Crippen LogP contribution is 2.01. The van der Waals surface area contributed by atoms with Crippen LogP contribution in [-0.2, 0) is 9.59 Å². The molecule has 154 valence electrons. The molecule has 0 aromatic carbocycles. The fraction of sp³-hybridized carbons (Fsp3) is 0.889. The van der Waals surface area contributed by atoms with Crippen LogP contribution in [0.25, 0.3) is 0 Å². The number of hydrogen-bond acceptors (Lipinski definition) is 6. The van der Waals surface area contributed by atoms with E-state index >= 15 is 0 Å². The lowest BCUT2D eigenvalue weighted by molar-refractivity contribution is -0.121. The van der Waals surface area contributed by atoms with Crippen molar-refractivity contribution in [2.75, 3.05) is 57.3 Å². The van der Waals surface area contributed by atoms with Crippen LogP contribution < -0.4 is 27.0 Å². The molecule has 0 atom stereocenters. The van der Waals surface area contributed by atoms with Crippen molar-refractivity contribution in [2.24, 2.45) is 5.73 Å². The van der Waals surface area contributed by atoms with Gasteiger partial charge in [0, 0.05) is 37.4 Å². The number of unbranched alkanes of at least 4 members (excludes halogenated alkanes) is 1. The van der Waals surface area contributed by atoms with E-state index in [0.717, 1.165) is 70.0 Å². The summed E-state index contributed by atoms with van der Waals surface area (Å²) in [5.74, 6) is 1.84. The van der Waals surface area contributed by atoms with Gasteiger partial charge in [-0.1, -0.05) is 6.92 Å². The Kier molecular flexibility index (Phi) is 19.8. The number of carbonyl (C=O) groups excluding carboxylic acids is 2. The molecule has 0 aliphatic carbocycles. The topological polar surface area (TPSA) is 108 Å². The van der Waals surface area contributed by atoms with Gasteiger partial charge < -0.3 is 27.0 Å². The van der Waals surface area contributed by atoms with Crippen LogP contribution in [0.1, 0.15) is 45.4 Å². The summed E-state index contributed by atoms with van der Waals surface area (Å²) in [6.07, 6.45) is 5.40. The van der Waals surface area contributed by atoms with Crippen molar-refractivity contribution in [3.05, 3.63) is 0 Å². The fourth-order valence-corrected chi connectivity index (χ4v) is 2.94. The maximum atomic E-state index is 11.7. The van der Waals surface area contributed by atoms with Crippen molar-refractivity contribution >= 4 is 23.6 Å². The van der Waals surface area contributed by atoms with E-state index in [1.807, 2.05) is 6.92 Å². The molecule has 7 nitrogen and oxygen atoms in total. The molecule has 0 heterocycles. The molecule has 0 aliphatic rings. The van der Waals surface area contributed by atoms with E-state index in [4.69, 9.17) is 5.73 Å². The molecule has 0 aliphatic heterocycles. The first kappa shape index (κ1) is 25.2. The Morgan fingerprint density at radius 2 is 1.38 bits per heavy atom. The quantitative estimate of drug-likeness (QED) is 0.205. The summed E-state index contributed by atoms with van der Waals surface area (Å²) in [5.41, 5.74) is 5.43. The van der Waals surface area contributed by atoms with Gasteiger partial charge in [0.2, 0.25) is 11.8 Å². The highest BCUT2D eigenvalue weighted by molar-refractivity contribution is 7.99. The number of nitrogens with two attached hydrogens (primary N) is 1. The minimum Gasteiger partial charge on any atom is -0.356 e. The number of carbonyl (C=O) groups is 2. The van der Waals surface area contributed by atoms with Gasteiger partial charge in [0.25, 0.3) is 0 Å². The smallest absolute Gasteiger partial charge is 0.220 e. The summed E-state index contributed by atoms with van der Waals surface area (Å²) in [4.78, 5) is 22.7. The molecule has 0 unspecified atom stereocenters. The summed E-state index contributed by atoms with van der Waals surface area (Å²) in [6.45, 7) is 8.02. The van der Waals surface area contributed by atoms with Gasteiger partial charge in [-0.15, -0.1) is 0 Å². The summed E-state index contributed by atoms with van der Waals surface area (Å²) in [5, 5.41) is 12.5. The lowest BCUT2D eigenvalue weighted by Gasteiger charge is -2.07. The van der Waals surface area contributed by atoms with Crippen LogP contribution >= 0.6 is 11.8 Å². The number of rotatable bonds is 19. The first-order valence-electron chi connectivity index (χ1n) is 9.93. The van der Waals surface area contributed by atoms with Crippen LogP contribution in [0, 0.1) is 0 Å². The third kappa shape index (κ3) is 19.5. The van der Waals surface area contributed by atoms with Crippen LogP contribution in [0.3, 0.4) is 0 Å². The maximum Gasteiger partial charge on any atom is 0.220 e. The second-order valence-corrected chi connectivity index (χ2v) is 7.34. The van der Waals surface area contributed by atoms with Gasteiger partial charge in [0.05, 0.1) is 0 Å². The van der Waals surface area contributed by atoms with Crippen LogP contribution in [0.2, 0.25) is 0 Å². The van der Waals surface area contributed by atoms with Crippen LogP contribution in [-0.4, -0.2) is 69.1 Å². The largest absolute Gasteiger partial charge is 0.356 e. The standard InChI is InChI=1S/C18H39N5O2S/c1-2-17(24)23-14-16-26-15-7-18(25)22-13-6-12-21-10-4-3-9-20-11-5-8-19/h20-21H,2-16,19H2,1H3,(H,22,25)(H,23,24). The monoisotopic (exact) mass is 389 g/mol. The van der Waals surface area contributed by atoms with Crippen LogP contribution in [0.4, 0.5) is 0 Å². The van der Waals surface area contributed by atoms with Crippen LogP contribution in [0.15, 0.2) is 0 Å². The van der Waals surface area contributed by atoms with Gasteiger partial charge in [0.15, 0.2) is 0 Å². The Hall–Kier alpha value is -0.830. The molecule has 0 spiro atoms. The molecule has 0 fully saturated rings. The normalized spacial score (nSPS) is 10.7. The Balaban J connectivity index is 3.18. The second kappa shape index (κ2) is 20.5. The number of hydrogen-bond donors (Lipinski definition) is 5. The van der Waals surface area contributed by atoms with E-state index in [-0.39, 0.29) is 11.8 Å². The first-order valence-corrected chi connectivity index (χ1v) is 11.1. The first-order chi connectivity index (χ1) is 12.7. The molecule has 2 amide bonds. The predicted octanol–water partition coefficient (Wildman–Crippen LogP) is 0.450. The highest BCUT2D eigenvalue weighted by Gasteiger charge is 2.01. The molecular weight excluding hydrogens is 350 g/mol. The van der Waals surface area contributed by atoms with Crippen molar-refractivity contribution in [3.63, 3.8) is 0 Å². The van der Waals surface area contributed by atoms with Crippen molar-refractivity contribution in [1.82, 2.24) is 21.3 Å². The van der Waals surface area contributed by atoms with Gasteiger partial charge in [0.1, 0.15) is 0 Å². The van der Waals surface area contributed by atoms with Gasteiger partial charge in [-0.05, 0) is 58.4 Å².